The molecule has 5 nitrogen and oxygen atoms in total. The van der Waals surface area contributed by atoms with Crippen LogP contribution in [0.3, 0.4) is 0 Å². The van der Waals surface area contributed by atoms with Gasteiger partial charge in [0, 0.05) is 28.0 Å². The fourth-order valence-electron chi connectivity index (χ4n) is 1.73. The SMILES string of the molecule is CO/N=C(\Cc1c[nH]c2ccc(Br)cc12)C(=O)O. The number of carboxylic acid groups (broad SMARTS) is 1. The van der Waals surface area contributed by atoms with E-state index in [2.05, 4.69) is 30.9 Å². The minimum absolute atomic E-state index is 0.0293. The highest BCUT2D eigenvalue weighted by Crippen LogP contribution is 2.23. The second-order valence-electron chi connectivity index (χ2n) is 3.71. The molecule has 0 bridgehead atoms. The number of hydrogen-bond donors (Lipinski definition) is 2. The number of rotatable bonds is 4. The zero-order valence-corrected chi connectivity index (χ0v) is 11.2. The third-order valence-electron chi connectivity index (χ3n) is 2.54. The van der Waals surface area contributed by atoms with E-state index in [1.54, 1.807) is 6.20 Å². The lowest BCUT2D eigenvalue weighted by Crippen LogP contribution is -2.16. The summed E-state index contributed by atoms with van der Waals surface area (Å²) in [5.74, 6) is -1.08. The number of benzene rings is 1. The summed E-state index contributed by atoms with van der Waals surface area (Å²) in [5.41, 5.74) is 1.79. The standard InChI is InChI=1S/C12H11BrN2O3/c1-18-15-11(12(16)17)4-7-6-14-10-3-2-8(13)5-9(7)10/h2-3,5-6,14H,4H2,1H3,(H,16,17)/b15-11+. The molecule has 0 atom stereocenters. The Kier molecular flexibility index (Phi) is 3.66. The molecule has 94 valence electrons. The van der Waals surface area contributed by atoms with Gasteiger partial charge in [0.2, 0.25) is 0 Å². The van der Waals surface area contributed by atoms with Gasteiger partial charge in [-0.2, -0.15) is 0 Å². The third-order valence-corrected chi connectivity index (χ3v) is 3.03. The quantitative estimate of drug-likeness (QED) is 0.673. The number of H-pyrrole nitrogens is 1. The van der Waals surface area contributed by atoms with Crippen molar-refractivity contribution in [2.24, 2.45) is 5.16 Å². The summed E-state index contributed by atoms with van der Waals surface area (Å²) < 4.78 is 0.941. The molecule has 2 aromatic rings. The molecule has 1 aromatic carbocycles. The zero-order valence-electron chi connectivity index (χ0n) is 9.61. The summed E-state index contributed by atoms with van der Waals surface area (Å²) in [5, 5.41) is 13.5. The first-order valence-electron chi connectivity index (χ1n) is 5.20. The number of aromatic amines is 1. The van der Waals surface area contributed by atoms with Crippen LogP contribution in [-0.2, 0) is 16.1 Å². The predicted molar refractivity (Wildman–Crippen MR) is 71.8 cm³/mol. The molecule has 0 aliphatic carbocycles. The van der Waals surface area contributed by atoms with Crippen LogP contribution >= 0.6 is 15.9 Å². The van der Waals surface area contributed by atoms with Crippen molar-refractivity contribution in [2.75, 3.05) is 7.11 Å². The van der Waals surface area contributed by atoms with Gasteiger partial charge in [-0.25, -0.2) is 4.79 Å². The van der Waals surface area contributed by atoms with Gasteiger partial charge in [0.15, 0.2) is 5.71 Å². The first-order valence-corrected chi connectivity index (χ1v) is 6.00. The summed E-state index contributed by atoms with van der Waals surface area (Å²) in [6, 6.07) is 5.79. The van der Waals surface area contributed by atoms with Crippen LogP contribution in [0.25, 0.3) is 10.9 Å². The Morgan fingerprint density at radius 1 is 1.56 bits per heavy atom. The van der Waals surface area contributed by atoms with Crippen LogP contribution in [0.2, 0.25) is 0 Å². The maximum absolute atomic E-state index is 11.0. The van der Waals surface area contributed by atoms with Crippen molar-refractivity contribution >= 4 is 38.5 Å². The van der Waals surface area contributed by atoms with Gasteiger partial charge in [0.25, 0.3) is 0 Å². The molecule has 0 fully saturated rings. The average molecular weight is 311 g/mol. The number of carboxylic acids is 1. The fraction of sp³-hybridized carbons (Fsp3) is 0.167. The number of fused-ring (bicyclic) bond motifs is 1. The molecule has 6 heteroatoms. The Hall–Kier alpha value is -1.82. The minimum Gasteiger partial charge on any atom is -0.477 e. The number of halogens is 1. The van der Waals surface area contributed by atoms with Gasteiger partial charge in [0.05, 0.1) is 0 Å². The van der Waals surface area contributed by atoms with Crippen molar-refractivity contribution in [1.82, 2.24) is 4.98 Å². The molecule has 2 N–H and O–H groups in total. The van der Waals surface area contributed by atoms with Crippen LogP contribution in [0, 0.1) is 0 Å². The number of oxime groups is 1. The first-order chi connectivity index (χ1) is 8.61. The maximum atomic E-state index is 11.0. The Balaban J connectivity index is 2.39. The molecule has 0 unspecified atom stereocenters. The second kappa shape index (κ2) is 5.22. The molecule has 0 aliphatic heterocycles. The smallest absolute Gasteiger partial charge is 0.354 e. The number of aromatic nitrogens is 1. The third kappa shape index (κ3) is 2.53. The lowest BCUT2D eigenvalue weighted by molar-refractivity contribution is -0.129. The lowest BCUT2D eigenvalue weighted by atomic mass is 10.1. The maximum Gasteiger partial charge on any atom is 0.354 e. The van der Waals surface area contributed by atoms with E-state index in [0.29, 0.717) is 0 Å². The largest absolute Gasteiger partial charge is 0.477 e. The molecule has 1 heterocycles. The van der Waals surface area contributed by atoms with Crippen LogP contribution in [0.5, 0.6) is 0 Å². The van der Waals surface area contributed by atoms with Crippen molar-refractivity contribution in [2.45, 2.75) is 6.42 Å². The van der Waals surface area contributed by atoms with Gasteiger partial charge in [-0.1, -0.05) is 21.1 Å². The van der Waals surface area contributed by atoms with Gasteiger partial charge < -0.3 is 14.9 Å². The van der Waals surface area contributed by atoms with E-state index in [1.165, 1.54) is 7.11 Å². The Morgan fingerprint density at radius 2 is 2.33 bits per heavy atom. The van der Waals surface area contributed by atoms with Gasteiger partial charge in [-0.05, 0) is 23.8 Å². The zero-order chi connectivity index (χ0) is 13.1. The molecule has 0 spiro atoms. The van der Waals surface area contributed by atoms with Crippen LogP contribution < -0.4 is 0 Å². The first kappa shape index (κ1) is 12.6. The van der Waals surface area contributed by atoms with E-state index in [0.717, 1.165) is 20.9 Å². The highest BCUT2D eigenvalue weighted by atomic mass is 79.9. The molecule has 0 radical (unpaired) electrons. The monoisotopic (exact) mass is 310 g/mol. The predicted octanol–water partition coefficient (Wildman–Crippen LogP) is 2.56. The fourth-order valence-corrected chi connectivity index (χ4v) is 2.10. The van der Waals surface area contributed by atoms with Crippen molar-refractivity contribution < 1.29 is 14.7 Å². The molecule has 1 aromatic heterocycles. The van der Waals surface area contributed by atoms with Gasteiger partial charge >= 0.3 is 5.97 Å². The lowest BCUT2D eigenvalue weighted by Gasteiger charge is -2.00. The average Bonchev–Trinajstić information content (AvgIpc) is 2.71. The number of nitrogens with zero attached hydrogens (tertiary/aromatic N) is 1. The number of hydrogen-bond acceptors (Lipinski definition) is 3. The van der Waals surface area contributed by atoms with E-state index in [1.807, 2.05) is 18.2 Å². The highest BCUT2D eigenvalue weighted by molar-refractivity contribution is 9.10. The summed E-state index contributed by atoms with van der Waals surface area (Å²) in [7, 11) is 1.33. The van der Waals surface area contributed by atoms with Crippen LogP contribution in [0.1, 0.15) is 5.56 Å². The molecular weight excluding hydrogens is 300 g/mol. The Bertz CT molecular complexity index is 619. The van der Waals surface area contributed by atoms with Crippen molar-refractivity contribution in [3.63, 3.8) is 0 Å². The highest BCUT2D eigenvalue weighted by Gasteiger charge is 2.14. The summed E-state index contributed by atoms with van der Waals surface area (Å²) in [4.78, 5) is 18.6. The van der Waals surface area contributed by atoms with E-state index < -0.39 is 5.97 Å². The molecule has 2 rings (SSSR count). The Morgan fingerprint density at radius 3 is 3.00 bits per heavy atom. The molecule has 0 saturated heterocycles. The topological polar surface area (TPSA) is 74.7 Å². The van der Waals surface area contributed by atoms with E-state index in [9.17, 15) is 4.79 Å². The number of nitrogens with one attached hydrogen (secondary N) is 1. The van der Waals surface area contributed by atoms with Crippen molar-refractivity contribution in [1.29, 1.82) is 0 Å². The number of carbonyl (C=O) groups is 1. The number of aliphatic carboxylic acids is 1. The van der Waals surface area contributed by atoms with Gasteiger partial charge in [-0.15, -0.1) is 0 Å². The molecule has 18 heavy (non-hydrogen) atoms. The van der Waals surface area contributed by atoms with Crippen molar-refractivity contribution in [3.8, 4) is 0 Å². The van der Waals surface area contributed by atoms with Crippen LogP contribution in [-0.4, -0.2) is 28.9 Å². The molecule has 0 amide bonds. The molecule has 0 aliphatic rings. The summed E-state index contributed by atoms with van der Waals surface area (Å²) >= 11 is 3.39. The second-order valence-corrected chi connectivity index (χ2v) is 4.62. The Labute approximate surface area is 112 Å². The van der Waals surface area contributed by atoms with Gasteiger partial charge in [0.1, 0.15) is 7.11 Å². The van der Waals surface area contributed by atoms with E-state index >= 15 is 0 Å². The normalized spacial score (nSPS) is 11.8. The van der Waals surface area contributed by atoms with E-state index in [-0.39, 0.29) is 12.1 Å². The van der Waals surface area contributed by atoms with Crippen LogP contribution in [0.15, 0.2) is 34.0 Å². The molecule has 0 saturated carbocycles. The van der Waals surface area contributed by atoms with Crippen molar-refractivity contribution in [3.05, 3.63) is 34.4 Å². The summed E-state index contributed by atoms with van der Waals surface area (Å²) in [6.07, 6.45) is 1.99. The molecular formula is C12H11BrN2O3. The van der Waals surface area contributed by atoms with Gasteiger partial charge in [-0.3, -0.25) is 0 Å². The van der Waals surface area contributed by atoms with Crippen LogP contribution in [0.4, 0.5) is 0 Å². The van der Waals surface area contributed by atoms with E-state index in [4.69, 9.17) is 5.11 Å². The minimum atomic E-state index is -1.08. The summed E-state index contributed by atoms with van der Waals surface area (Å²) in [6.45, 7) is 0.